The van der Waals surface area contributed by atoms with Gasteiger partial charge < -0.3 is 19.7 Å². The van der Waals surface area contributed by atoms with Crippen molar-refractivity contribution in [3.8, 4) is 5.75 Å². The molecule has 7 nitrogen and oxygen atoms in total. The van der Waals surface area contributed by atoms with Crippen molar-refractivity contribution in [2.75, 3.05) is 32.6 Å². The van der Waals surface area contributed by atoms with E-state index in [0.717, 1.165) is 10.5 Å². The lowest BCUT2D eigenvalue weighted by molar-refractivity contribution is -0.151. The van der Waals surface area contributed by atoms with Crippen LogP contribution in [0.3, 0.4) is 0 Å². The maximum Gasteiger partial charge on any atom is 0.310 e. The molecule has 2 amide bonds. The van der Waals surface area contributed by atoms with Crippen LogP contribution in [0.4, 0.5) is 10.1 Å². The lowest BCUT2D eigenvalue weighted by atomic mass is 10.1. The van der Waals surface area contributed by atoms with E-state index in [2.05, 4.69) is 5.32 Å². The van der Waals surface area contributed by atoms with Crippen LogP contribution in [0.1, 0.15) is 11.1 Å². The van der Waals surface area contributed by atoms with Gasteiger partial charge in [-0.25, -0.2) is 4.39 Å². The fraction of sp³-hybridized carbons (Fsp3) is 0.286. The SMILES string of the molecule is COc1ccc(CC(=O)OCC(=O)N(C)CC(=O)Nc2ccc(C)cc2)cc1F. The van der Waals surface area contributed by atoms with Crippen LogP contribution in [0.15, 0.2) is 42.5 Å². The molecule has 0 bridgehead atoms. The van der Waals surface area contributed by atoms with Gasteiger partial charge in [-0.05, 0) is 36.8 Å². The minimum Gasteiger partial charge on any atom is -0.494 e. The van der Waals surface area contributed by atoms with E-state index < -0.39 is 24.3 Å². The third kappa shape index (κ3) is 6.91. The fourth-order valence-corrected chi connectivity index (χ4v) is 2.43. The number of nitrogens with zero attached hydrogens (tertiary/aromatic N) is 1. The van der Waals surface area contributed by atoms with E-state index in [1.165, 1.54) is 32.4 Å². The molecule has 0 saturated heterocycles. The van der Waals surface area contributed by atoms with Crippen molar-refractivity contribution < 1.29 is 28.2 Å². The number of nitrogens with one attached hydrogen (secondary N) is 1. The van der Waals surface area contributed by atoms with Crippen molar-refractivity contribution in [2.45, 2.75) is 13.3 Å². The number of anilines is 1. The number of methoxy groups -OCH3 is 1. The van der Waals surface area contributed by atoms with Gasteiger partial charge in [0.15, 0.2) is 18.2 Å². The fourth-order valence-electron chi connectivity index (χ4n) is 2.43. The lowest BCUT2D eigenvalue weighted by Crippen LogP contribution is -2.37. The highest BCUT2D eigenvalue weighted by molar-refractivity contribution is 5.94. The second kappa shape index (κ2) is 10.2. The summed E-state index contributed by atoms with van der Waals surface area (Å²) in [5, 5.41) is 2.68. The standard InChI is InChI=1S/C21H23FN2O5/c1-14-4-7-16(8-5-14)23-19(25)12-24(2)20(26)13-29-21(27)11-15-6-9-18(28-3)17(22)10-15/h4-10H,11-13H2,1-3H3,(H,23,25). The summed E-state index contributed by atoms with van der Waals surface area (Å²) in [7, 11) is 2.78. The van der Waals surface area contributed by atoms with Crippen LogP contribution in [0, 0.1) is 12.7 Å². The van der Waals surface area contributed by atoms with Crippen LogP contribution in [0.2, 0.25) is 0 Å². The summed E-state index contributed by atoms with van der Waals surface area (Å²) in [5.41, 5.74) is 2.08. The van der Waals surface area contributed by atoms with Gasteiger partial charge in [-0.15, -0.1) is 0 Å². The molecule has 0 radical (unpaired) electrons. The number of benzene rings is 2. The first-order valence-electron chi connectivity index (χ1n) is 8.87. The number of esters is 1. The van der Waals surface area contributed by atoms with Gasteiger partial charge in [0.05, 0.1) is 20.1 Å². The summed E-state index contributed by atoms with van der Waals surface area (Å²) in [4.78, 5) is 37.1. The number of aryl methyl sites for hydroxylation is 1. The topological polar surface area (TPSA) is 84.9 Å². The number of halogens is 1. The molecule has 0 unspecified atom stereocenters. The Morgan fingerprint density at radius 1 is 1.10 bits per heavy atom. The number of hydrogen-bond donors (Lipinski definition) is 1. The molecule has 0 heterocycles. The molecule has 0 fully saturated rings. The zero-order valence-electron chi connectivity index (χ0n) is 16.5. The van der Waals surface area contributed by atoms with Crippen molar-refractivity contribution in [1.29, 1.82) is 0 Å². The Hall–Kier alpha value is -3.42. The zero-order chi connectivity index (χ0) is 21.4. The molecule has 0 aromatic heterocycles. The minimum atomic E-state index is -0.680. The summed E-state index contributed by atoms with van der Waals surface area (Å²) in [6.07, 6.45) is -0.189. The number of ether oxygens (including phenoxy) is 2. The molecule has 0 aliphatic heterocycles. The van der Waals surface area contributed by atoms with Gasteiger partial charge >= 0.3 is 5.97 Å². The molecular formula is C21H23FN2O5. The maximum absolute atomic E-state index is 13.6. The third-order valence-electron chi connectivity index (χ3n) is 4.06. The van der Waals surface area contributed by atoms with Crippen molar-refractivity contribution in [3.05, 3.63) is 59.4 Å². The Labute approximate surface area is 168 Å². The molecule has 29 heavy (non-hydrogen) atoms. The highest BCUT2D eigenvalue weighted by Crippen LogP contribution is 2.18. The van der Waals surface area contributed by atoms with Crippen LogP contribution >= 0.6 is 0 Å². The molecule has 2 aromatic carbocycles. The Morgan fingerprint density at radius 2 is 1.79 bits per heavy atom. The molecule has 0 spiro atoms. The molecule has 0 aliphatic carbocycles. The molecule has 8 heteroatoms. The monoisotopic (exact) mass is 402 g/mol. The molecule has 1 N–H and O–H groups in total. The minimum absolute atomic E-state index is 0.0721. The first-order chi connectivity index (χ1) is 13.8. The molecule has 0 atom stereocenters. The van der Waals surface area contributed by atoms with Gasteiger partial charge in [0.2, 0.25) is 5.91 Å². The van der Waals surface area contributed by atoms with Crippen LogP contribution < -0.4 is 10.1 Å². The van der Waals surface area contributed by atoms with Crippen molar-refractivity contribution >= 4 is 23.5 Å². The van der Waals surface area contributed by atoms with Crippen LogP contribution in [0.25, 0.3) is 0 Å². The zero-order valence-corrected chi connectivity index (χ0v) is 16.5. The predicted molar refractivity (Wildman–Crippen MR) is 105 cm³/mol. The molecule has 0 aliphatic rings. The molecule has 2 aromatic rings. The number of hydrogen-bond acceptors (Lipinski definition) is 5. The van der Waals surface area contributed by atoms with E-state index in [4.69, 9.17) is 9.47 Å². The highest BCUT2D eigenvalue weighted by atomic mass is 19.1. The van der Waals surface area contributed by atoms with E-state index in [-0.39, 0.29) is 24.6 Å². The summed E-state index contributed by atoms with van der Waals surface area (Å²) in [5.74, 6) is -2.10. The summed E-state index contributed by atoms with van der Waals surface area (Å²) >= 11 is 0. The molecule has 2 rings (SSSR count). The van der Waals surface area contributed by atoms with Gasteiger partial charge in [-0.3, -0.25) is 14.4 Å². The second-order valence-electron chi connectivity index (χ2n) is 6.47. The lowest BCUT2D eigenvalue weighted by Gasteiger charge is -2.17. The average Bonchev–Trinajstić information content (AvgIpc) is 2.68. The first-order valence-corrected chi connectivity index (χ1v) is 8.87. The predicted octanol–water partition coefficient (Wildman–Crippen LogP) is 2.33. The van der Waals surface area contributed by atoms with Gasteiger partial charge in [-0.2, -0.15) is 0 Å². The molecule has 154 valence electrons. The number of likely N-dealkylation sites (N-methyl/N-ethyl adjacent to an activating group) is 1. The van der Waals surface area contributed by atoms with Crippen LogP contribution in [-0.2, 0) is 25.5 Å². The normalized spacial score (nSPS) is 10.2. The average molecular weight is 402 g/mol. The highest BCUT2D eigenvalue weighted by Gasteiger charge is 2.16. The quantitative estimate of drug-likeness (QED) is 0.685. The van der Waals surface area contributed by atoms with Crippen molar-refractivity contribution in [2.24, 2.45) is 0 Å². The number of rotatable bonds is 8. The summed E-state index contributed by atoms with van der Waals surface area (Å²) in [6, 6.07) is 11.4. The summed E-state index contributed by atoms with van der Waals surface area (Å²) in [6.45, 7) is 1.24. The Bertz CT molecular complexity index is 883. The van der Waals surface area contributed by atoms with Crippen LogP contribution in [0.5, 0.6) is 5.75 Å². The smallest absolute Gasteiger partial charge is 0.310 e. The molecular weight excluding hydrogens is 379 g/mol. The third-order valence-corrected chi connectivity index (χ3v) is 4.06. The van der Waals surface area contributed by atoms with E-state index in [1.807, 2.05) is 19.1 Å². The molecule has 0 saturated carbocycles. The van der Waals surface area contributed by atoms with Crippen molar-refractivity contribution in [3.63, 3.8) is 0 Å². The Kier molecular flexibility index (Phi) is 7.70. The van der Waals surface area contributed by atoms with Gasteiger partial charge in [0.1, 0.15) is 0 Å². The first kappa shape index (κ1) is 21.9. The van der Waals surface area contributed by atoms with Gasteiger partial charge in [0, 0.05) is 12.7 Å². The van der Waals surface area contributed by atoms with Crippen LogP contribution in [-0.4, -0.2) is 50.0 Å². The maximum atomic E-state index is 13.6. The van der Waals surface area contributed by atoms with Gasteiger partial charge in [0.25, 0.3) is 5.91 Å². The van der Waals surface area contributed by atoms with Gasteiger partial charge in [-0.1, -0.05) is 23.8 Å². The summed E-state index contributed by atoms with van der Waals surface area (Å²) < 4.78 is 23.4. The van der Waals surface area contributed by atoms with Crippen molar-refractivity contribution in [1.82, 2.24) is 4.90 Å². The number of amides is 2. The Morgan fingerprint density at radius 3 is 2.41 bits per heavy atom. The van der Waals surface area contributed by atoms with E-state index >= 15 is 0 Å². The van der Waals surface area contributed by atoms with E-state index in [9.17, 15) is 18.8 Å². The Balaban J connectivity index is 1.77. The number of carbonyl (C=O) groups is 3. The largest absolute Gasteiger partial charge is 0.494 e. The van der Waals surface area contributed by atoms with E-state index in [1.54, 1.807) is 12.1 Å². The second-order valence-corrected chi connectivity index (χ2v) is 6.47. The number of carbonyl (C=O) groups excluding carboxylic acids is 3. The van der Waals surface area contributed by atoms with E-state index in [0.29, 0.717) is 11.3 Å².